The van der Waals surface area contributed by atoms with E-state index >= 15 is 0 Å². The van der Waals surface area contributed by atoms with Gasteiger partial charge in [-0.25, -0.2) is 9.37 Å². The molecular weight excluding hydrogens is 269 g/mol. The molecule has 1 aliphatic rings. The SMILES string of the molecule is Cc1cnc(N)nc1N1CCN(c2ccc(F)cc2)CC1. The summed E-state index contributed by atoms with van der Waals surface area (Å²) in [7, 11) is 0. The first-order chi connectivity index (χ1) is 10.1. The summed E-state index contributed by atoms with van der Waals surface area (Å²) in [5, 5.41) is 0. The van der Waals surface area contributed by atoms with Gasteiger partial charge in [0.1, 0.15) is 11.6 Å². The van der Waals surface area contributed by atoms with Gasteiger partial charge in [-0.2, -0.15) is 4.98 Å². The molecule has 1 aromatic carbocycles. The van der Waals surface area contributed by atoms with Crippen LogP contribution in [0.4, 0.5) is 21.8 Å². The van der Waals surface area contributed by atoms with Gasteiger partial charge >= 0.3 is 0 Å². The van der Waals surface area contributed by atoms with Crippen LogP contribution in [0.3, 0.4) is 0 Å². The highest BCUT2D eigenvalue weighted by molar-refractivity contribution is 5.52. The summed E-state index contributed by atoms with van der Waals surface area (Å²) >= 11 is 0. The van der Waals surface area contributed by atoms with Gasteiger partial charge in [0.25, 0.3) is 0 Å². The van der Waals surface area contributed by atoms with Crippen molar-refractivity contribution in [1.82, 2.24) is 9.97 Å². The summed E-state index contributed by atoms with van der Waals surface area (Å²) in [4.78, 5) is 12.8. The van der Waals surface area contributed by atoms with Crippen molar-refractivity contribution in [2.75, 3.05) is 41.7 Å². The first-order valence-corrected chi connectivity index (χ1v) is 6.98. The van der Waals surface area contributed by atoms with Gasteiger partial charge in [0.2, 0.25) is 5.95 Å². The van der Waals surface area contributed by atoms with E-state index in [1.54, 1.807) is 6.20 Å². The number of nitrogens with zero attached hydrogens (tertiary/aromatic N) is 4. The van der Waals surface area contributed by atoms with Crippen molar-refractivity contribution in [3.8, 4) is 0 Å². The van der Waals surface area contributed by atoms with Crippen molar-refractivity contribution in [1.29, 1.82) is 0 Å². The van der Waals surface area contributed by atoms with Crippen LogP contribution in [-0.2, 0) is 0 Å². The van der Waals surface area contributed by atoms with Crippen molar-refractivity contribution in [3.63, 3.8) is 0 Å². The van der Waals surface area contributed by atoms with Crippen LogP contribution in [0.25, 0.3) is 0 Å². The van der Waals surface area contributed by atoms with E-state index in [0.29, 0.717) is 5.95 Å². The Balaban J connectivity index is 1.70. The van der Waals surface area contributed by atoms with Crippen molar-refractivity contribution in [2.45, 2.75) is 6.92 Å². The Morgan fingerprint density at radius 3 is 2.33 bits per heavy atom. The molecule has 6 heteroatoms. The molecule has 2 N–H and O–H groups in total. The minimum Gasteiger partial charge on any atom is -0.368 e. The van der Waals surface area contributed by atoms with Gasteiger partial charge in [0.15, 0.2) is 0 Å². The summed E-state index contributed by atoms with van der Waals surface area (Å²) in [5.41, 5.74) is 7.75. The van der Waals surface area contributed by atoms with E-state index in [2.05, 4.69) is 19.8 Å². The van der Waals surface area contributed by atoms with Crippen LogP contribution in [-0.4, -0.2) is 36.1 Å². The molecular formula is C15H18FN5. The second-order valence-corrected chi connectivity index (χ2v) is 5.19. The first-order valence-electron chi connectivity index (χ1n) is 6.98. The van der Waals surface area contributed by atoms with Crippen LogP contribution in [0.2, 0.25) is 0 Å². The fourth-order valence-corrected chi connectivity index (χ4v) is 2.59. The monoisotopic (exact) mass is 287 g/mol. The summed E-state index contributed by atoms with van der Waals surface area (Å²) in [6, 6.07) is 6.63. The number of halogens is 1. The Labute approximate surface area is 123 Å². The third-order valence-electron chi connectivity index (χ3n) is 3.73. The van der Waals surface area contributed by atoms with Crippen molar-refractivity contribution >= 4 is 17.5 Å². The standard InChI is InChI=1S/C15H18FN5/c1-11-10-18-15(17)19-14(11)21-8-6-20(7-9-21)13-4-2-12(16)3-5-13/h2-5,10H,6-9H2,1H3,(H2,17,18,19). The van der Waals surface area contributed by atoms with Gasteiger partial charge < -0.3 is 15.5 Å². The Kier molecular flexibility index (Phi) is 3.60. The minimum absolute atomic E-state index is 0.204. The maximum atomic E-state index is 13.0. The lowest BCUT2D eigenvalue weighted by molar-refractivity contribution is 0.624. The first kappa shape index (κ1) is 13.6. The number of nitrogen functional groups attached to an aromatic ring is 1. The average Bonchev–Trinajstić information content (AvgIpc) is 2.51. The topological polar surface area (TPSA) is 58.3 Å². The summed E-state index contributed by atoms with van der Waals surface area (Å²) in [6.45, 7) is 5.44. The molecule has 1 fully saturated rings. The number of benzene rings is 1. The zero-order valence-electron chi connectivity index (χ0n) is 12.0. The number of anilines is 3. The molecule has 1 aliphatic heterocycles. The Hall–Kier alpha value is -2.37. The largest absolute Gasteiger partial charge is 0.368 e. The third-order valence-corrected chi connectivity index (χ3v) is 3.73. The number of hydrogen-bond donors (Lipinski definition) is 1. The predicted octanol–water partition coefficient (Wildman–Crippen LogP) is 1.83. The molecule has 3 rings (SSSR count). The third kappa shape index (κ3) is 2.89. The van der Waals surface area contributed by atoms with Gasteiger partial charge in [-0.3, -0.25) is 0 Å². The lowest BCUT2D eigenvalue weighted by atomic mass is 10.2. The number of aryl methyl sites for hydroxylation is 1. The van der Waals surface area contributed by atoms with E-state index in [0.717, 1.165) is 43.2 Å². The average molecular weight is 287 g/mol. The number of nitrogens with two attached hydrogens (primary N) is 1. The second kappa shape index (κ2) is 5.55. The van der Waals surface area contributed by atoms with E-state index in [9.17, 15) is 4.39 Å². The predicted molar refractivity (Wildman–Crippen MR) is 82.0 cm³/mol. The van der Waals surface area contributed by atoms with E-state index in [-0.39, 0.29) is 5.82 Å². The van der Waals surface area contributed by atoms with Crippen molar-refractivity contribution in [3.05, 3.63) is 41.8 Å². The lowest BCUT2D eigenvalue weighted by Gasteiger charge is -2.37. The van der Waals surface area contributed by atoms with Gasteiger partial charge in [-0.05, 0) is 31.2 Å². The second-order valence-electron chi connectivity index (χ2n) is 5.19. The Morgan fingerprint density at radius 1 is 1.05 bits per heavy atom. The molecule has 2 aromatic rings. The van der Waals surface area contributed by atoms with E-state index in [1.807, 2.05) is 19.1 Å². The molecule has 1 saturated heterocycles. The number of piperazine rings is 1. The van der Waals surface area contributed by atoms with Crippen LogP contribution in [0, 0.1) is 12.7 Å². The normalized spacial score (nSPS) is 15.3. The molecule has 0 bridgehead atoms. The van der Waals surface area contributed by atoms with Gasteiger partial charge in [-0.1, -0.05) is 0 Å². The quantitative estimate of drug-likeness (QED) is 0.913. The van der Waals surface area contributed by atoms with E-state index in [4.69, 9.17) is 5.73 Å². The zero-order chi connectivity index (χ0) is 14.8. The summed E-state index contributed by atoms with van der Waals surface area (Å²) < 4.78 is 13.0. The molecule has 21 heavy (non-hydrogen) atoms. The van der Waals surface area contributed by atoms with E-state index in [1.165, 1.54) is 12.1 Å². The van der Waals surface area contributed by atoms with Crippen LogP contribution in [0.1, 0.15) is 5.56 Å². The maximum Gasteiger partial charge on any atom is 0.221 e. The molecule has 0 spiro atoms. The minimum atomic E-state index is -0.204. The molecule has 5 nitrogen and oxygen atoms in total. The lowest BCUT2D eigenvalue weighted by Crippen LogP contribution is -2.47. The fourth-order valence-electron chi connectivity index (χ4n) is 2.59. The van der Waals surface area contributed by atoms with Gasteiger partial charge in [0, 0.05) is 43.6 Å². The summed E-state index contributed by atoms with van der Waals surface area (Å²) in [6.07, 6.45) is 1.75. The van der Waals surface area contributed by atoms with Crippen LogP contribution in [0.5, 0.6) is 0 Å². The fraction of sp³-hybridized carbons (Fsp3) is 0.333. The van der Waals surface area contributed by atoms with Gasteiger partial charge in [-0.15, -0.1) is 0 Å². The summed E-state index contributed by atoms with van der Waals surface area (Å²) in [5.74, 6) is 1.00. The van der Waals surface area contributed by atoms with E-state index < -0.39 is 0 Å². The molecule has 0 atom stereocenters. The smallest absolute Gasteiger partial charge is 0.221 e. The van der Waals surface area contributed by atoms with Crippen molar-refractivity contribution < 1.29 is 4.39 Å². The molecule has 0 unspecified atom stereocenters. The molecule has 0 saturated carbocycles. The van der Waals surface area contributed by atoms with Crippen LogP contribution >= 0.6 is 0 Å². The molecule has 1 aromatic heterocycles. The van der Waals surface area contributed by atoms with Crippen LogP contribution < -0.4 is 15.5 Å². The van der Waals surface area contributed by atoms with Crippen molar-refractivity contribution in [2.24, 2.45) is 0 Å². The Bertz CT molecular complexity index is 620. The zero-order valence-corrected chi connectivity index (χ0v) is 12.0. The molecule has 110 valence electrons. The number of aromatic nitrogens is 2. The number of rotatable bonds is 2. The van der Waals surface area contributed by atoms with Crippen LogP contribution in [0.15, 0.2) is 30.5 Å². The highest BCUT2D eigenvalue weighted by Crippen LogP contribution is 2.22. The molecule has 2 heterocycles. The highest BCUT2D eigenvalue weighted by atomic mass is 19.1. The molecule has 0 radical (unpaired) electrons. The molecule has 0 amide bonds. The maximum absolute atomic E-state index is 13.0. The highest BCUT2D eigenvalue weighted by Gasteiger charge is 2.20. The molecule has 0 aliphatic carbocycles. The number of hydrogen-bond acceptors (Lipinski definition) is 5. The Morgan fingerprint density at radius 2 is 1.67 bits per heavy atom. The van der Waals surface area contributed by atoms with Gasteiger partial charge in [0.05, 0.1) is 0 Å².